The van der Waals surface area contributed by atoms with E-state index < -0.39 is 11.1 Å². The van der Waals surface area contributed by atoms with E-state index >= 15 is 0 Å². The molecule has 6 aromatic rings. The van der Waals surface area contributed by atoms with Gasteiger partial charge < -0.3 is 77.8 Å². The van der Waals surface area contributed by atoms with Crippen molar-refractivity contribution < 1.29 is 33.6 Å². The molecular formula is C32H28Co2N26. The fourth-order valence-corrected chi connectivity index (χ4v) is 4.36. The molecular weight excluding hydrogens is 866 g/mol. The molecule has 28 heteroatoms. The average molecular weight is 895 g/mol. The molecule has 6 heterocycles. The van der Waals surface area contributed by atoms with Gasteiger partial charge in [0.1, 0.15) is 11.1 Å². The summed E-state index contributed by atoms with van der Waals surface area (Å²) in [7, 11) is 0. The Morgan fingerprint density at radius 2 is 0.400 bits per heavy atom. The molecule has 304 valence electrons. The van der Waals surface area contributed by atoms with Crippen molar-refractivity contribution in [2.24, 2.45) is 11.5 Å². The number of nitrogens with two attached hydrogens (primary N) is 2. The van der Waals surface area contributed by atoms with Crippen LogP contribution in [0.1, 0.15) is 34.2 Å². The van der Waals surface area contributed by atoms with E-state index in [0.717, 1.165) is 34.2 Å². The first-order valence-corrected chi connectivity index (χ1v) is 15.1. The van der Waals surface area contributed by atoms with E-state index in [0.29, 0.717) is 0 Å². The van der Waals surface area contributed by atoms with Gasteiger partial charge in [0.05, 0.1) is 34.2 Å². The molecule has 0 aromatic carbocycles. The summed E-state index contributed by atoms with van der Waals surface area (Å²) in [5.74, 6) is 0. The third kappa shape index (κ3) is 20.6. The monoisotopic (exact) mass is 894 g/mol. The van der Waals surface area contributed by atoms with Gasteiger partial charge in [0.2, 0.25) is 0 Å². The Kier molecular flexibility index (Phi) is 36.6. The van der Waals surface area contributed by atoms with Gasteiger partial charge in [-0.3, -0.25) is 59.4 Å². The third-order valence-corrected chi connectivity index (χ3v) is 6.41. The Hall–Kier alpha value is -8.31. The van der Waals surface area contributed by atoms with Crippen molar-refractivity contribution in [3.8, 4) is 0 Å². The molecule has 0 saturated heterocycles. The van der Waals surface area contributed by atoms with Crippen molar-refractivity contribution in [3.05, 3.63) is 276 Å². The molecule has 60 heavy (non-hydrogen) atoms. The number of nitrogens with zero attached hydrogens (tertiary/aromatic N) is 24. The summed E-state index contributed by atoms with van der Waals surface area (Å²) < 4.78 is 0. The summed E-state index contributed by atoms with van der Waals surface area (Å²) >= 11 is 0. The van der Waals surface area contributed by atoms with Gasteiger partial charge in [-0.15, -0.1) is 0 Å². The maximum Gasteiger partial charge on any atom is 3.00 e. The van der Waals surface area contributed by atoms with Crippen molar-refractivity contribution in [1.82, 2.24) is 29.9 Å². The van der Waals surface area contributed by atoms with Crippen LogP contribution in [0, 0.1) is 0 Å². The predicted octanol–water partition coefficient (Wildman–Crippen LogP) is 9.44. The standard InChI is InChI=1S/2C16H14N4.2Co.6N3/c2*17-16(13-7-1-4-10-18-13,14-8-2-5-11-19-14)15-9-3-6-12-20-15;;;6*1-3-2/h2*1-12H,17H2;;;;;;;;/q;;2*+3;6*-1. The van der Waals surface area contributed by atoms with Crippen LogP contribution >= 0.6 is 0 Å². The molecule has 0 bridgehead atoms. The molecule has 0 saturated carbocycles. The van der Waals surface area contributed by atoms with E-state index in [-0.39, 0.29) is 33.6 Å². The van der Waals surface area contributed by atoms with Crippen LogP contribution in [0.4, 0.5) is 0 Å². The molecule has 6 aromatic heterocycles. The molecule has 4 N–H and O–H groups in total. The van der Waals surface area contributed by atoms with Gasteiger partial charge in [-0.1, -0.05) is 36.4 Å². The number of aromatic nitrogens is 6. The minimum atomic E-state index is -0.955. The zero-order valence-electron chi connectivity index (χ0n) is 30.4. The summed E-state index contributed by atoms with van der Waals surface area (Å²) in [6, 6.07) is 34.0. The van der Waals surface area contributed by atoms with Crippen molar-refractivity contribution in [3.63, 3.8) is 0 Å². The fraction of sp³-hybridized carbons (Fsp3) is 0.0625. The Morgan fingerprint density at radius 1 is 0.283 bits per heavy atom. The molecule has 0 aliphatic heterocycles. The van der Waals surface area contributed by atoms with E-state index in [1.54, 1.807) is 37.2 Å². The number of hydrogen-bond donors (Lipinski definition) is 2. The van der Waals surface area contributed by atoms with Gasteiger partial charge >= 0.3 is 33.6 Å². The van der Waals surface area contributed by atoms with E-state index in [2.05, 4.69) is 29.9 Å². The molecule has 0 unspecified atom stereocenters. The van der Waals surface area contributed by atoms with Gasteiger partial charge in [0, 0.05) is 37.2 Å². The maximum absolute atomic E-state index is 6.75. The molecule has 0 radical (unpaired) electrons. The summed E-state index contributed by atoms with van der Waals surface area (Å²) in [4.78, 5) is 35.4. The summed E-state index contributed by atoms with van der Waals surface area (Å²) in [6.45, 7) is 0. The van der Waals surface area contributed by atoms with Crippen LogP contribution in [0.25, 0.3) is 95.8 Å². The van der Waals surface area contributed by atoms with Crippen LogP contribution < -0.4 is 11.5 Å². The Morgan fingerprint density at radius 3 is 0.483 bits per heavy atom. The summed E-state index contributed by atoms with van der Waals surface area (Å²) in [6.07, 6.45) is 10.4. The molecule has 6 rings (SSSR count). The normalized spacial score (nSPS) is 8.30. The van der Waals surface area contributed by atoms with Crippen LogP contribution in [0.3, 0.4) is 0 Å². The second-order valence-corrected chi connectivity index (χ2v) is 9.44. The zero-order chi connectivity index (χ0) is 43.9. The summed E-state index contributed by atoms with van der Waals surface area (Å²) in [5.41, 5.74) is 96.8. The topological polar surface area (TPSA) is 482 Å². The third-order valence-electron chi connectivity index (χ3n) is 6.41. The average Bonchev–Trinajstić information content (AvgIpc) is 3.27. The van der Waals surface area contributed by atoms with E-state index in [1.165, 1.54) is 29.5 Å². The Bertz CT molecular complexity index is 1780. The Balaban J connectivity index is -0.000000367. The Labute approximate surface area is 361 Å². The SMILES string of the molecule is NC(c1ccccn1)(c1ccccn1)c1ccccn1.NC(c1ccccn1)(c1ccccn1)c1ccccn1.[Co+3].[Co+3].[N-]=[N+]=[N-].[N-]=[N+]=[N-].[N-]=[N+]=[N-].[N-]=[N+]=[N-].[N-]=[N+]=[N-].[N-]=[N+]=[N-]. The van der Waals surface area contributed by atoms with Gasteiger partial charge in [-0.25, -0.2) is 0 Å². The smallest absolute Gasteiger partial charge is 0.373 e. The van der Waals surface area contributed by atoms with E-state index in [1.807, 2.05) is 109 Å². The van der Waals surface area contributed by atoms with Crippen LogP contribution in [0.2, 0.25) is 0 Å². The minimum absolute atomic E-state index is 0. The van der Waals surface area contributed by atoms with Crippen molar-refractivity contribution in [2.45, 2.75) is 11.1 Å². The van der Waals surface area contributed by atoms with Crippen molar-refractivity contribution in [1.29, 1.82) is 0 Å². The van der Waals surface area contributed by atoms with Gasteiger partial charge in [0.25, 0.3) is 0 Å². The van der Waals surface area contributed by atoms with Crippen LogP contribution in [-0.4, -0.2) is 29.9 Å². The second kappa shape index (κ2) is 37.6. The number of pyridine rings is 6. The van der Waals surface area contributed by atoms with Crippen LogP contribution in [0.5, 0.6) is 0 Å². The first-order chi connectivity index (χ1) is 28.1. The molecule has 0 aliphatic carbocycles. The number of hydrogen-bond acceptors (Lipinski definition) is 8. The van der Waals surface area contributed by atoms with Gasteiger partial charge in [0.15, 0.2) is 0 Å². The molecule has 0 amide bonds. The molecule has 0 atom stereocenters. The largest absolute Gasteiger partial charge is 3.00 e. The molecule has 26 nitrogen and oxygen atoms in total. The quantitative estimate of drug-likeness (QED) is 0.0918. The fourth-order valence-electron chi connectivity index (χ4n) is 4.36. The van der Waals surface area contributed by atoms with Crippen molar-refractivity contribution >= 4 is 0 Å². The van der Waals surface area contributed by atoms with Gasteiger partial charge in [-0.05, 0) is 72.8 Å². The minimum Gasteiger partial charge on any atom is -0.373 e. The molecule has 0 spiro atoms. The number of rotatable bonds is 6. The van der Waals surface area contributed by atoms with Gasteiger partial charge in [-0.2, -0.15) is 0 Å². The first-order valence-electron chi connectivity index (χ1n) is 15.1. The second-order valence-electron chi connectivity index (χ2n) is 9.44. The maximum atomic E-state index is 6.75. The molecule has 0 aliphatic rings. The summed E-state index contributed by atoms with van der Waals surface area (Å²) in [5, 5.41) is 0. The van der Waals surface area contributed by atoms with Crippen LogP contribution in [0.15, 0.2) is 146 Å². The predicted molar refractivity (Wildman–Crippen MR) is 214 cm³/mol. The zero-order valence-corrected chi connectivity index (χ0v) is 32.5. The first kappa shape index (κ1) is 58.4. The van der Waals surface area contributed by atoms with Crippen LogP contribution in [-0.2, 0) is 44.6 Å². The molecule has 0 fully saturated rings. The van der Waals surface area contributed by atoms with Crippen molar-refractivity contribution in [2.75, 3.05) is 0 Å². The van der Waals surface area contributed by atoms with E-state index in [9.17, 15) is 0 Å². The van der Waals surface area contributed by atoms with E-state index in [4.69, 9.17) is 77.8 Å².